The SMILES string of the molecule is CCCCC[N+]12CCC(CC1)C(O)C2. The van der Waals surface area contributed by atoms with Crippen molar-refractivity contribution in [1.82, 2.24) is 0 Å². The van der Waals surface area contributed by atoms with E-state index in [2.05, 4.69) is 6.92 Å². The molecule has 3 saturated heterocycles. The highest BCUT2D eigenvalue weighted by Crippen LogP contribution is 2.34. The molecule has 1 N–H and O–H groups in total. The van der Waals surface area contributed by atoms with Gasteiger partial charge in [0, 0.05) is 18.8 Å². The zero-order chi connectivity index (χ0) is 10.0. The Morgan fingerprint density at radius 2 is 1.93 bits per heavy atom. The first-order valence-electron chi connectivity index (χ1n) is 6.29. The third-order valence-electron chi connectivity index (χ3n) is 4.30. The van der Waals surface area contributed by atoms with Gasteiger partial charge in [0.25, 0.3) is 0 Å². The van der Waals surface area contributed by atoms with Crippen LogP contribution in [0.2, 0.25) is 0 Å². The Balaban J connectivity index is 1.87. The van der Waals surface area contributed by atoms with E-state index in [1.807, 2.05) is 0 Å². The topological polar surface area (TPSA) is 20.2 Å². The van der Waals surface area contributed by atoms with Crippen LogP contribution in [0.3, 0.4) is 0 Å². The van der Waals surface area contributed by atoms with Gasteiger partial charge >= 0.3 is 0 Å². The van der Waals surface area contributed by atoms with E-state index < -0.39 is 0 Å². The van der Waals surface area contributed by atoms with E-state index in [-0.39, 0.29) is 6.10 Å². The smallest absolute Gasteiger partial charge is 0.106 e. The van der Waals surface area contributed by atoms with Crippen LogP contribution in [-0.4, -0.2) is 41.9 Å². The molecule has 2 nitrogen and oxygen atoms in total. The Bertz CT molecular complexity index is 185. The molecule has 1 unspecified atom stereocenters. The summed E-state index contributed by atoms with van der Waals surface area (Å²) in [5, 5.41) is 9.91. The molecule has 3 heterocycles. The third-order valence-corrected chi connectivity index (χ3v) is 4.30. The van der Waals surface area contributed by atoms with Crippen LogP contribution in [0.5, 0.6) is 0 Å². The minimum atomic E-state index is 0.0131. The molecule has 0 aromatic rings. The molecule has 0 amide bonds. The molecular weight excluding hydrogens is 174 g/mol. The van der Waals surface area contributed by atoms with Crippen molar-refractivity contribution in [1.29, 1.82) is 0 Å². The lowest BCUT2D eigenvalue weighted by Gasteiger charge is -2.51. The van der Waals surface area contributed by atoms with Gasteiger partial charge in [-0.1, -0.05) is 13.3 Å². The molecule has 0 aromatic heterocycles. The summed E-state index contributed by atoms with van der Waals surface area (Å²) < 4.78 is 1.23. The second kappa shape index (κ2) is 4.19. The Morgan fingerprint density at radius 1 is 1.21 bits per heavy atom. The zero-order valence-corrected chi connectivity index (χ0v) is 9.41. The lowest BCUT2D eigenvalue weighted by atomic mass is 9.83. The fourth-order valence-electron chi connectivity index (χ4n) is 3.26. The van der Waals surface area contributed by atoms with Crippen LogP contribution in [0.1, 0.15) is 39.0 Å². The highest BCUT2D eigenvalue weighted by Gasteiger charge is 2.44. The number of hydrogen-bond donors (Lipinski definition) is 1. The molecule has 3 aliphatic rings. The van der Waals surface area contributed by atoms with E-state index in [1.54, 1.807) is 0 Å². The largest absolute Gasteiger partial charge is 0.387 e. The zero-order valence-electron chi connectivity index (χ0n) is 9.41. The molecule has 3 aliphatic heterocycles. The van der Waals surface area contributed by atoms with Crippen LogP contribution in [0.25, 0.3) is 0 Å². The van der Waals surface area contributed by atoms with Crippen LogP contribution in [0.15, 0.2) is 0 Å². The molecule has 0 spiro atoms. The van der Waals surface area contributed by atoms with Crippen molar-refractivity contribution >= 4 is 0 Å². The van der Waals surface area contributed by atoms with E-state index in [4.69, 9.17) is 0 Å². The lowest BCUT2D eigenvalue weighted by molar-refractivity contribution is -0.946. The molecule has 1 atom stereocenters. The van der Waals surface area contributed by atoms with Crippen molar-refractivity contribution in [3.8, 4) is 0 Å². The second-order valence-electron chi connectivity index (χ2n) is 5.31. The standard InChI is InChI=1S/C12H24NO/c1-2-3-4-7-13-8-5-11(6-9-13)12(14)10-13/h11-12,14H,2-10H2,1H3/q+1. The van der Waals surface area contributed by atoms with E-state index in [0.29, 0.717) is 5.92 Å². The number of rotatable bonds is 4. The van der Waals surface area contributed by atoms with Gasteiger partial charge in [-0.05, 0) is 12.8 Å². The van der Waals surface area contributed by atoms with Crippen molar-refractivity contribution < 1.29 is 9.59 Å². The number of quaternary nitrogens is 1. The molecule has 0 aromatic carbocycles. The summed E-state index contributed by atoms with van der Waals surface area (Å²) in [6, 6.07) is 0. The van der Waals surface area contributed by atoms with E-state index in [9.17, 15) is 5.11 Å². The van der Waals surface area contributed by atoms with Gasteiger partial charge in [0.05, 0.1) is 19.6 Å². The normalized spacial score (nSPS) is 41.6. The van der Waals surface area contributed by atoms with Crippen molar-refractivity contribution in [2.45, 2.75) is 45.1 Å². The van der Waals surface area contributed by atoms with Gasteiger partial charge in [-0.3, -0.25) is 0 Å². The summed E-state index contributed by atoms with van der Waals surface area (Å²) in [6.07, 6.45) is 6.58. The highest BCUT2D eigenvalue weighted by atomic mass is 16.3. The Morgan fingerprint density at radius 3 is 2.50 bits per heavy atom. The van der Waals surface area contributed by atoms with Crippen LogP contribution < -0.4 is 0 Å². The number of unbranched alkanes of at least 4 members (excludes halogenated alkanes) is 2. The van der Waals surface area contributed by atoms with E-state index in [1.165, 1.54) is 56.2 Å². The third kappa shape index (κ3) is 1.96. The molecule has 14 heavy (non-hydrogen) atoms. The Hall–Kier alpha value is -0.0800. The second-order valence-corrected chi connectivity index (χ2v) is 5.31. The van der Waals surface area contributed by atoms with Gasteiger partial charge in [-0.2, -0.15) is 0 Å². The van der Waals surface area contributed by atoms with Crippen LogP contribution in [-0.2, 0) is 0 Å². The molecule has 82 valence electrons. The van der Waals surface area contributed by atoms with Crippen LogP contribution in [0, 0.1) is 5.92 Å². The number of fused-ring (bicyclic) bond motifs is 3. The number of aliphatic hydroxyl groups is 1. The molecule has 2 heteroatoms. The van der Waals surface area contributed by atoms with Gasteiger partial charge < -0.3 is 9.59 Å². The quantitative estimate of drug-likeness (QED) is 0.539. The predicted octanol–water partition coefficient (Wildman–Crippen LogP) is 1.78. The molecule has 0 aliphatic carbocycles. The Labute approximate surface area is 87.5 Å². The fourth-order valence-corrected chi connectivity index (χ4v) is 3.26. The van der Waals surface area contributed by atoms with Crippen molar-refractivity contribution in [3.05, 3.63) is 0 Å². The van der Waals surface area contributed by atoms with Gasteiger partial charge in [0.15, 0.2) is 0 Å². The monoisotopic (exact) mass is 198 g/mol. The summed E-state index contributed by atoms with van der Waals surface area (Å²) in [7, 11) is 0. The maximum Gasteiger partial charge on any atom is 0.106 e. The van der Waals surface area contributed by atoms with Gasteiger partial charge in [0.2, 0.25) is 0 Å². The van der Waals surface area contributed by atoms with Crippen LogP contribution >= 0.6 is 0 Å². The van der Waals surface area contributed by atoms with Crippen molar-refractivity contribution in [2.24, 2.45) is 5.92 Å². The van der Waals surface area contributed by atoms with Crippen molar-refractivity contribution in [3.63, 3.8) is 0 Å². The number of hydrogen-bond acceptors (Lipinski definition) is 1. The van der Waals surface area contributed by atoms with Gasteiger partial charge in [-0.25, -0.2) is 0 Å². The van der Waals surface area contributed by atoms with Crippen LogP contribution in [0.4, 0.5) is 0 Å². The van der Waals surface area contributed by atoms with E-state index >= 15 is 0 Å². The van der Waals surface area contributed by atoms with E-state index in [0.717, 1.165) is 6.54 Å². The first-order chi connectivity index (χ1) is 6.76. The number of nitrogens with zero attached hydrogens (tertiary/aromatic N) is 1. The maximum absolute atomic E-state index is 9.91. The molecule has 0 radical (unpaired) electrons. The summed E-state index contributed by atoms with van der Waals surface area (Å²) in [4.78, 5) is 0. The minimum Gasteiger partial charge on any atom is -0.387 e. The molecular formula is C12H24NO+. The van der Waals surface area contributed by atoms with Gasteiger partial charge in [0.1, 0.15) is 12.6 Å². The molecule has 2 bridgehead atoms. The average Bonchev–Trinajstić information content (AvgIpc) is 2.19. The predicted molar refractivity (Wildman–Crippen MR) is 58.0 cm³/mol. The van der Waals surface area contributed by atoms with Gasteiger partial charge in [-0.15, -0.1) is 0 Å². The summed E-state index contributed by atoms with van der Waals surface area (Å²) >= 11 is 0. The summed E-state index contributed by atoms with van der Waals surface area (Å²) in [6.45, 7) is 7.31. The average molecular weight is 198 g/mol. The molecule has 3 fully saturated rings. The molecule has 0 saturated carbocycles. The summed E-state index contributed by atoms with van der Waals surface area (Å²) in [5.41, 5.74) is 0. The lowest BCUT2D eigenvalue weighted by Crippen LogP contribution is -2.63. The minimum absolute atomic E-state index is 0.0131. The van der Waals surface area contributed by atoms with Crippen molar-refractivity contribution in [2.75, 3.05) is 26.2 Å². The maximum atomic E-state index is 9.91. The number of piperidine rings is 3. The molecule has 3 rings (SSSR count). The first-order valence-corrected chi connectivity index (χ1v) is 6.29. The number of aliphatic hydroxyl groups excluding tert-OH is 1. The fraction of sp³-hybridized carbons (Fsp3) is 1.00. The summed E-state index contributed by atoms with van der Waals surface area (Å²) in [5.74, 6) is 0.640. The Kier molecular flexibility index (Phi) is 3.13. The first kappa shape index (κ1) is 10.4. The highest BCUT2D eigenvalue weighted by molar-refractivity contribution is 4.79.